The lowest BCUT2D eigenvalue weighted by atomic mass is 9.53. The summed E-state index contributed by atoms with van der Waals surface area (Å²) >= 11 is 2.10. The van der Waals surface area contributed by atoms with Crippen LogP contribution in [0.5, 0.6) is 0 Å². The first-order valence-corrected chi connectivity index (χ1v) is 6.70. The first-order valence-electron chi connectivity index (χ1n) is 5.47. The van der Waals surface area contributed by atoms with Crippen LogP contribution in [0.2, 0.25) is 0 Å². The predicted molar refractivity (Wildman–Crippen MR) is 57.8 cm³/mol. The Morgan fingerprint density at radius 1 is 1.15 bits per heavy atom. The third-order valence-electron chi connectivity index (χ3n) is 4.49. The highest BCUT2D eigenvalue weighted by molar-refractivity contribution is 8.00. The molecular formula is C11H19NS. The van der Waals surface area contributed by atoms with Crippen molar-refractivity contribution < 1.29 is 0 Å². The minimum atomic E-state index is 0.243. The molecule has 2 unspecified atom stereocenters. The van der Waals surface area contributed by atoms with Crippen molar-refractivity contribution in [1.82, 2.24) is 0 Å². The zero-order valence-electron chi connectivity index (χ0n) is 8.38. The first kappa shape index (κ1) is 8.60. The molecule has 4 bridgehead atoms. The molecule has 4 saturated carbocycles. The van der Waals surface area contributed by atoms with Crippen LogP contribution in [-0.4, -0.2) is 16.5 Å². The third kappa shape index (κ3) is 1.18. The zero-order chi connectivity index (χ0) is 9.10. The van der Waals surface area contributed by atoms with E-state index in [9.17, 15) is 0 Å². The average Bonchev–Trinajstić information content (AvgIpc) is 1.99. The molecule has 0 saturated heterocycles. The minimum absolute atomic E-state index is 0.243. The van der Waals surface area contributed by atoms with E-state index < -0.39 is 0 Å². The summed E-state index contributed by atoms with van der Waals surface area (Å²) in [5.74, 6) is 1.94. The molecular weight excluding hydrogens is 178 g/mol. The molecule has 0 amide bonds. The van der Waals surface area contributed by atoms with Crippen molar-refractivity contribution in [1.29, 1.82) is 0 Å². The van der Waals surface area contributed by atoms with Crippen LogP contribution in [0.4, 0.5) is 0 Å². The van der Waals surface area contributed by atoms with Crippen molar-refractivity contribution in [2.45, 2.75) is 48.8 Å². The average molecular weight is 197 g/mol. The minimum Gasteiger partial charge on any atom is -0.325 e. The fraction of sp³-hybridized carbons (Fsp3) is 1.00. The van der Waals surface area contributed by atoms with E-state index in [0.29, 0.717) is 4.75 Å². The molecule has 4 aliphatic rings. The summed E-state index contributed by atoms with van der Waals surface area (Å²) in [7, 11) is 0. The normalized spacial score (nSPS) is 58.6. The summed E-state index contributed by atoms with van der Waals surface area (Å²) in [4.78, 5) is 0. The van der Waals surface area contributed by atoms with Crippen molar-refractivity contribution in [3.8, 4) is 0 Å². The number of thioether (sulfide) groups is 1. The molecule has 13 heavy (non-hydrogen) atoms. The van der Waals surface area contributed by atoms with Gasteiger partial charge in [0.2, 0.25) is 0 Å². The highest BCUT2D eigenvalue weighted by Crippen LogP contribution is 2.60. The Hall–Kier alpha value is 0.310. The monoisotopic (exact) mass is 197 g/mol. The van der Waals surface area contributed by atoms with Gasteiger partial charge in [0.15, 0.2) is 0 Å². The van der Waals surface area contributed by atoms with Gasteiger partial charge in [0.05, 0.1) is 0 Å². The van der Waals surface area contributed by atoms with Crippen molar-refractivity contribution in [2.75, 3.05) is 6.26 Å². The fourth-order valence-corrected chi connectivity index (χ4v) is 5.72. The van der Waals surface area contributed by atoms with Crippen molar-refractivity contribution in [2.24, 2.45) is 17.6 Å². The Bertz CT molecular complexity index is 224. The molecule has 74 valence electrons. The number of rotatable bonds is 1. The van der Waals surface area contributed by atoms with Crippen molar-refractivity contribution in [3.05, 3.63) is 0 Å². The Labute approximate surface area is 84.8 Å². The summed E-state index contributed by atoms with van der Waals surface area (Å²) in [5, 5.41) is 0. The van der Waals surface area contributed by atoms with Gasteiger partial charge in [-0.1, -0.05) is 0 Å². The van der Waals surface area contributed by atoms with E-state index in [2.05, 4.69) is 18.0 Å². The van der Waals surface area contributed by atoms with Gasteiger partial charge >= 0.3 is 0 Å². The van der Waals surface area contributed by atoms with E-state index in [1.807, 2.05) is 0 Å². The van der Waals surface area contributed by atoms with E-state index in [-0.39, 0.29) is 5.54 Å². The summed E-state index contributed by atoms with van der Waals surface area (Å²) in [6.45, 7) is 0. The van der Waals surface area contributed by atoms with Crippen LogP contribution in [0.1, 0.15) is 38.5 Å². The van der Waals surface area contributed by atoms with Gasteiger partial charge in [-0.2, -0.15) is 11.8 Å². The van der Waals surface area contributed by atoms with Crippen LogP contribution in [0.25, 0.3) is 0 Å². The molecule has 1 nitrogen and oxygen atoms in total. The molecule has 0 aliphatic heterocycles. The highest BCUT2D eigenvalue weighted by atomic mass is 32.2. The molecule has 2 heteroatoms. The maximum absolute atomic E-state index is 6.47. The molecule has 2 N–H and O–H groups in total. The summed E-state index contributed by atoms with van der Waals surface area (Å²) < 4.78 is 0.596. The number of hydrogen-bond acceptors (Lipinski definition) is 2. The maximum atomic E-state index is 6.47. The molecule has 4 fully saturated rings. The second-order valence-corrected chi connectivity index (χ2v) is 6.98. The van der Waals surface area contributed by atoms with E-state index >= 15 is 0 Å². The predicted octanol–water partition coefficient (Wildman–Crippen LogP) is 2.40. The van der Waals surface area contributed by atoms with E-state index in [1.165, 1.54) is 38.5 Å². The van der Waals surface area contributed by atoms with Gasteiger partial charge in [-0.05, 0) is 56.6 Å². The van der Waals surface area contributed by atoms with Crippen LogP contribution in [0, 0.1) is 11.8 Å². The van der Waals surface area contributed by atoms with Crippen LogP contribution >= 0.6 is 11.8 Å². The molecule has 0 radical (unpaired) electrons. The molecule has 4 aliphatic carbocycles. The SMILES string of the molecule is CSC12CC3CC(CC(N)(C3)C1)C2. The molecule has 0 aromatic rings. The second kappa shape index (κ2) is 2.46. The Morgan fingerprint density at radius 3 is 2.23 bits per heavy atom. The Kier molecular flexibility index (Phi) is 1.63. The molecule has 0 spiro atoms. The molecule has 2 atom stereocenters. The largest absolute Gasteiger partial charge is 0.325 e. The smallest absolute Gasteiger partial charge is 0.0180 e. The summed E-state index contributed by atoms with van der Waals surface area (Å²) in [5.41, 5.74) is 6.71. The molecule has 0 heterocycles. The highest BCUT2D eigenvalue weighted by Gasteiger charge is 2.55. The lowest BCUT2D eigenvalue weighted by Gasteiger charge is -2.60. The van der Waals surface area contributed by atoms with Gasteiger partial charge < -0.3 is 5.73 Å². The van der Waals surface area contributed by atoms with Gasteiger partial charge in [0.1, 0.15) is 0 Å². The van der Waals surface area contributed by atoms with Gasteiger partial charge in [-0.15, -0.1) is 0 Å². The van der Waals surface area contributed by atoms with Crippen LogP contribution < -0.4 is 5.73 Å². The third-order valence-corrected chi connectivity index (χ3v) is 5.83. The number of nitrogens with two attached hydrogens (primary N) is 1. The Morgan fingerprint density at radius 2 is 1.77 bits per heavy atom. The second-order valence-electron chi connectivity index (χ2n) is 5.71. The van der Waals surface area contributed by atoms with Gasteiger partial charge in [-0.25, -0.2) is 0 Å². The lowest BCUT2D eigenvalue weighted by molar-refractivity contribution is 0.0179. The van der Waals surface area contributed by atoms with Gasteiger partial charge in [0, 0.05) is 10.3 Å². The van der Waals surface area contributed by atoms with E-state index in [4.69, 9.17) is 5.73 Å². The summed E-state index contributed by atoms with van der Waals surface area (Å²) in [6, 6.07) is 0. The topological polar surface area (TPSA) is 26.0 Å². The van der Waals surface area contributed by atoms with E-state index in [1.54, 1.807) is 0 Å². The van der Waals surface area contributed by atoms with Crippen LogP contribution in [-0.2, 0) is 0 Å². The van der Waals surface area contributed by atoms with Crippen molar-refractivity contribution >= 4 is 11.8 Å². The number of hydrogen-bond donors (Lipinski definition) is 1. The molecule has 0 aromatic carbocycles. The zero-order valence-corrected chi connectivity index (χ0v) is 9.20. The standard InChI is InChI=1S/C11H19NS/c1-13-11-5-8-2-9(6-11)4-10(12,3-8)7-11/h8-9H,2-7,12H2,1H3. The first-order chi connectivity index (χ1) is 6.13. The fourth-order valence-electron chi connectivity index (χ4n) is 4.49. The van der Waals surface area contributed by atoms with Crippen molar-refractivity contribution in [3.63, 3.8) is 0 Å². The van der Waals surface area contributed by atoms with Gasteiger partial charge in [-0.3, -0.25) is 0 Å². The molecule has 4 rings (SSSR count). The van der Waals surface area contributed by atoms with E-state index in [0.717, 1.165) is 11.8 Å². The maximum Gasteiger partial charge on any atom is 0.0180 e. The Balaban J connectivity index is 1.95. The lowest BCUT2D eigenvalue weighted by Crippen LogP contribution is -2.61. The van der Waals surface area contributed by atoms with Crippen LogP contribution in [0.15, 0.2) is 0 Å². The molecule has 0 aromatic heterocycles. The van der Waals surface area contributed by atoms with Crippen LogP contribution in [0.3, 0.4) is 0 Å². The quantitative estimate of drug-likeness (QED) is 0.698. The summed E-state index contributed by atoms with van der Waals surface area (Å²) in [6.07, 6.45) is 10.6. The van der Waals surface area contributed by atoms with Gasteiger partial charge in [0.25, 0.3) is 0 Å².